The average molecular weight is 351 g/mol. The van der Waals surface area contributed by atoms with Crippen molar-refractivity contribution in [3.05, 3.63) is 71.5 Å². The number of nitrogens with zero attached hydrogens (tertiary/aromatic N) is 3. The minimum atomic E-state index is 0.593. The molecule has 0 radical (unpaired) electrons. The van der Waals surface area contributed by atoms with E-state index in [-0.39, 0.29) is 0 Å². The molecule has 0 atom stereocenters. The maximum absolute atomic E-state index is 6.05. The summed E-state index contributed by atoms with van der Waals surface area (Å²) in [6, 6.07) is 17.6. The van der Waals surface area contributed by atoms with Gasteiger partial charge < -0.3 is 10.6 Å². The van der Waals surface area contributed by atoms with E-state index < -0.39 is 0 Å². The summed E-state index contributed by atoms with van der Waals surface area (Å²) in [5.41, 5.74) is 2.62. The number of anilines is 3. The highest BCUT2D eigenvalue weighted by Crippen LogP contribution is 2.28. The predicted molar refractivity (Wildman–Crippen MR) is 100 cm³/mol. The van der Waals surface area contributed by atoms with Crippen LogP contribution in [-0.4, -0.2) is 20.2 Å². The average Bonchev–Trinajstić information content (AvgIpc) is 3.04. The number of nitrogens with one attached hydrogen (secondary N) is 3. The van der Waals surface area contributed by atoms with Crippen molar-refractivity contribution < 1.29 is 0 Å². The third-order valence-electron chi connectivity index (χ3n) is 3.75. The molecule has 0 unspecified atom stereocenters. The molecular formula is C18H15ClN6. The number of fused-ring (bicyclic) bond motifs is 1. The summed E-state index contributed by atoms with van der Waals surface area (Å²) in [5.74, 6) is 1.43. The molecule has 2 aromatic heterocycles. The van der Waals surface area contributed by atoms with Crippen LogP contribution in [0.25, 0.3) is 11.0 Å². The van der Waals surface area contributed by atoms with E-state index >= 15 is 0 Å². The molecule has 7 heteroatoms. The van der Waals surface area contributed by atoms with Gasteiger partial charge in [0.25, 0.3) is 0 Å². The van der Waals surface area contributed by atoms with E-state index in [1.165, 1.54) is 11.9 Å². The summed E-state index contributed by atoms with van der Waals surface area (Å²) in [4.78, 5) is 8.58. The number of hydrogen-bond acceptors (Lipinski definition) is 5. The Kier molecular flexibility index (Phi) is 4.18. The monoisotopic (exact) mass is 350 g/mol. The third-order valence-corrected chi connectivity index (χ3v) is 3.98. The predicted octanol–water partition coefficient (Wildman–Crippen LogP) is 4.36. The van der Waals surface area contributed by atoms with Gasteiger partial charge in [-0.2, -0.15) is 5.10 Å². The quantitative estimate of drug-likeness (QED) is 0.498. The van der Waals surface area contributed by atoms with E-state index in [0.29, 0.717) is 28.9 Å². The lowest BCUT2D eigenvalue weighted by molar-refractivity contribution is 1.08. The summed E-state index contributed by atoms with van der Waals surface area (Å²) < 4.78 is 0. The van der Waals surface area contributed by atoms with Crippen molar-refractivity contribution in [3.8, 4) is 0 Å². The smallest absolute Gasteiger partial charge is 0.188 e. The summed E-state index contributed by atoms with van der Waals surface area (Å²) >= 11 is 6.05. The van der Waals surface area contributed by atoms with Gasteiger partial charge in [0.1, 0.15) is 23.3 Å². The van der Waals surface area contributed by atoms with Gasteiger partial charge in [-0.15, -0.1) is 0 Å². The number of rotatable bonds is 5. The van der Waals surface area contributed by atoms with Crippen LogP contribution >= 0.6 is 11.6 Å². The fourth-order valence-corrected chi connectivity index (χ4v) is 2.76. The summed E-state index contributed by atoms with van der Waals surface area (Å²) in [7, 11) is 0. The Morgan fingerprint density at radius 2 is 1.88 bits per heavy atom. The Balaban J connectivity index is 1.64. The van der Waals surface area contributed by atoms with E-state index in [0.717, 1.165) is 11.1 Å². The largest absolute Gasteiger partial charge is 0.365 e. The van der Waals surface area contributed by atoms with E-state index in [4.69, 9.17) is 11.6 Å². The zero-order valence-electron chi connectivity index (χ0n) is 13.2. The van der Waals surface area contributed by atoms with Crippen LogP contribution in [0.1, 0.15) is 5.56 Å². The molecule has 0 bridgehead atoms. The van der Waals surface area contributed by atoms with E-state index in [1.54, 1.807) is 0 Å². The minimum absolute atomic E-state index is 0.593. The topological polar surface area (TPSA) is 78.5 Å². The van der Waals surface area contributed by atoms with Crippen molar-refractivity contribution in [3.63, 3.8) is 0 Å². The molecule has 3 N–H and O–H groups in total. The molecule has 0 aliphatic rings. The molecule has 124 valence electrons. The van der Waals surface area contributed by atoms with Crippen molar-refractivity contribution in [2.45, 2.75) is 6.54 Å². The van der Waals surface area contributed by atoms with E-state index in [1.807, 2.05) is 42.5 Å². The molecular weight excluding hydrogens is 336 g/mol. The van der Waals surface area contributed by atoms with Crippen LogP contribution in [0.4, 0.5) is 17.3 Å². The highest BCUT2D eigenvalue weighted by Gasteiger charge is 2.13. The second-order valence-corrected chi connectivity index (χ2v) is 5.93. The van der Waals surface area contributed by atoms with Crippen LogP contribution < -0.4 is 10.6 Å². The van der Waals surface area contributed by atoms with Crippen molar-refractivity contribution in [1.29, 1.82) is 0 Å². The molecule has 0 spiro atoms. The van der Waals surface area contributed by atoms with E-state index in [9.17, 15) is 0 Å². The number of aromatic nitrogens is 4. The highest BCUT2D eigenvalue weighted by atomic mass is 35.5. The first-order chi connectivity index (χ1) is 12.3. The first-order valence-corrected chi connectivity index (χ1v) is 8.17. The van der Waals surface area contributed by atoms with E-state index in [2.05, 4.69) is 42.9 Å². The van der Waals surface area contributed by atoms with Crippen LogP contribution in [0.15, 0.2) is 60.9 Å². The minimum Gasteiger partial charge on any atom is -0.365 e. The normalized spacial score (nSPS) is 10.8. The second-order valence-electron chi connectivity index (χ2n) is 5.49. The maximum Gasteiger partial charge on any atom is 0.188 e. The van der Waals surface area contributed by atoms with Crippen molar-refractivity contribution in [2.75, 3.05) is 10.6 Å². The summed E-state index contributed by atoms with van der Waals surface area (Å²) in [6.07, 6.45) is 1.50. The lowest BCUT2D eigenvalue weighted by Gasteiger charge is -2.09. The Bertz CT molecular complexity index is 999. The van der Waals surface area contributed by atoms with Crippen molar-refractivity contribution >= 4 is 40.0 Å². The number of halogens is 1. The molecule has 0 amide bonds. The molecule has 2 heterocycles. The highest BCUT2D eigenvalue weighted by molar-refractivity contribution is 6.30. The molecule has 25 heavy (non-hydrogen) atoms. The fraction of sp³-hybridized carbons (Fsp3) is 0.0556. The lowest BCUT2D eigenvalue weighted by Crippen LogP contribution is -2.03. The Morgan fingerprint density at radius 3 is 2.72 bits per heavy atom. The Labute approximate surface area is 149 Å². The SMILES string of the molecule is Clc1cccc(Nc2[nH]nc3ncnc(NCc4ccccc4)c23)c1. The number of aromatic amines is 1. The van der Waals surface area contributed by atoms with Crippen LogP contribution in [0.5, 0.6) is 0 Å². The van der Waals surface area contributed by atoms with Crippen molar-refractivity contribution in [1.82, 2.24) is 20.2 Å². The zero-order valence-corrected chi connectivity index (χ0v) is 14.0. The number of benzene rings is 2. The molecule has 0 saturated heterocycles. The van der Waals surface area contributed by atoms with Gasteiger partial charge >= 0.3 is 0 Å². The van der Waals surface area contributed by atoms with Crippen LogP contribution in [0.2, 0.25) is 5.02 Å². The van der Waals surface area contributed by atoms with Gasteiger partial charge in [0.2, 0.25) is 0 Å². The van der Waals surface area contributed by atoms with Crippen molar-refractivity contribution in [2.24, 2.45) is 0 Å². The van der Waals surface area contributed by atoms with Crippen LogP contribution in [-0.2, 0) is 6.54 Å². The zero-order chi connectivity index (χ0) is 17.1. The van der Waals surface area contributed by atoms with Gasteiger partial charge in [-0.3, -0.25) is 5.10 Å². The molecule has 2 aromatic carbocycles. The first kappa shape index (κ1) is 15.4. The third kappa shape index (κ3) is 3.39. The van der Waals surface area contributed by atoms with Gasteiger partial charge in [0.05, 0.1) is 0 Å². The molecule has 0 fully saturated rings. The second kappa shape index (κ2) is 6.78. The summed E-state index contributed by atoms with van der Waals surface area (Å²) in [6.45, 7) is 0.661. The summed E-state index contributed by atoms with van der Waals surface area (Å²) in [5, 5.41) is 15.3. The van der Waals surface area contributed by atoms with Gasteiger partial charge in [-0.25, -0.2) is 9.97 Å². The molecule has 0 aliphatic heterocycles. The van der Waals surface area contributed by atoms with Gasteiger partial charge in [0.15, 0.2) is 5.65 Å². The van der Waals surface area contributed by atoms with Crippen LogP contribution in [0.3, 0.4) is 0 Å². The van der Waals surface area contributed by atoms with Crippen LogP contribution in [0, 0.1) is 0 Å². The first-order valence-electron chi connectivity index (χ1n) is 7.79. The molecule has 0 aliphatic carbocycles. The lowest BCUT2D eigenvalue weighted by atomic mass is 10.2. The Morgan fingerprint density at radius 1 is 1.00 bits per heavy atom. The molecule has 4 aromatic rings. The van der Waals surface area contributed by atoms with Gasteiger partial charge in [0, 0.05) is 17.3 Å². The standard InChI is InChI=1S/C18H15ClN6/c19-13-7-4-8-14(9-13)23-18-15-16(21-11-22-17(15)24-25-18)20-10-12-5-2-1-3-6-12/h1-9,11H,10H2,(H3,20,21,22,23,24,25). The maximum atomic E-state index is 6.05. The van der Waals surface area contributed by atoms with Gasteiger partial charge in [-0.1, -0.05) is 48.0 Å². The molecule has 4 rings (SSSR count). The molecule has 0 saturated carbocycles. The number of hydrogen-bond donors (Lipinski definition) is 3. The van der Waals surface area contributed by atoms with Gasteiger partial charge in [-0.05, 0) is 23.8 Å². The fourth-order valence-electron chi connectivity index (χ4n) is 2.57. The Hall–Kier alpha value is -3.12. The molecule has 6 nitrogen and oxygen atoms in total. The number of H-pyrrole nitrogens is 1.